The lowest BCUT2D eigenvalue weighted by Crippen LogP contribution is -2.53. The quantitative estimate of drug-likeness (QED) is 0.589. The van der Waals surface area contributed by atoms with Gasteiger partial charge in [0, 0.05) is 0 Å². The lowest BCUT2D eigenvalue weighted by atomic mass is 9.79. The van der Waals surface area contributed by atoms with Crippen molar-refractivity contribution in [1.82, 2.24) is 0 Å². The van der Waals surface area contributed by atoms with Crippen LogP contribution in [0.2, 0.25) is 0 Å². The van der Waals surface area contributed by atoms with E-state index >= 15 is 0 Å². The molecule has 3 N–H and O–H groups in total. The fourth-order valence-electron chi connectivity index (χ4n) is 2.87. The Morgan fingerprint density at radius 2 is 1.68 bits per heavy atom. The van der Waals surface area contributed by atoms with Crippen LogP contribution in [0.25, 0.3) is 0 Å². The van der Waals surface area contributed by atoms with Crippen LogP contribution in [0.3, 0.4) is 0 Å². The molecule has 0 spiro atoms. The van der Waals surface area contributed by atoms with Crippen molar-refractivity contribution in [3.8, 4) is 0 Å². The minimum atomic E-state index is -0.525. The van der Waals surface area contributed by atoms with Crippen molar-refractivity contribution in [2.45, 2.75) is 39.0 Å². The molecule has 0 heterocycles. The number of rotatable bonds is 8. The molecule has 0 fully saturated rings. The summed E-state index contributed by atoms with van der Waals surface area (Å²) in [4.78, 5) is 28.7. The van der Waals surface area contributed by atoms with Crippen LogP contribution in [0.15, 0.2) is 30.3 Å². The maximum Gasteiger partial charge on any atom is 0.370 e. The average Bonchev–Trinajstić information content (AvgIpc) is 2.58. The summed E-state index contributed by atoms with van der Waals surface area (Å²) in [5.74, 6) is 1.50. The summed E-state index contributed by atoms with van der Waals surface area (Å²) in [6.45, 7) is 3.94. The molecular formula is C17H26NO4+. The number of quaternary nitrogens is 1. The van der Waals surface area contributed by atoms with Gasteiger partial charge in [-0.2, -0.15) is 5.90 Å². The van der Waals surface area contributed by atoms with E-state index in [2.05, 4.69) is 17.7 Å². The highest BCUT2D eigenvalue weighted by molar-refractivity contribution is 5.81. The van der Waals surface area contributed by atoms with E-state index in [1.54, 1.807) is 0 Å². The number of hydrogen-bond donors (Lipinski definition) is 1. The molecule has 0 amide bonds. The highest BCUT2D eigenvalue weighted by atomic mass is 16.7. The van der Waals surface area contributed by atoms with E-state index in [4.69, 9.17) is 4.74 Å². The first-order valence-corrected chi connectivity index (χ1v) is 7.67. The van der Waals surface area contributed by atoms with Crippen molar-refractivity contribution in [1.29, 1.82) is 0 Å². The summed E-state index contributed by atoms with van der Waals surface area (Å²) >= 11 is 0. The minimum absolute atomic E-state index is 0.192. The number of esters is 1. The third-order valence-electron chi connectivity index (χ3n) is 4.18. The van der Waals surface area contributed by atoms with Crippen LogP contribution in [0, 0.1) is 11.8 Å². The molecule has 0 radical (unpaired) electrons. The Labute approximate surface area is 131 Å². The minimum Gasteiger partial charge on any atom is -0.469 e. The van der Waals surface area contributed by atoms with Gasteiger partial charge < -0.3 is 4.74 Å². The standard InChI is InChI=1S/C17H26NO4/c1-4-12(13-9-7-6-8-10-13)11-15(16(19)21-3)14(5-2)17(20)22-18/h6-10,12,14-15H,4-5,11H2,1-3,18H3/q+1. The molecule has 0 saturated heterocycles. The molecule has 0 aliphatic carbocycles. The van der Waals surface area contributed by atoms with Crippen LogP contribution >= 0.6 is 0 Å². The molecule has 0 aliphatic rings. The predicted octanol–water partition coefficient (Wildman–Crippen LogP) is 2.09. The highest BCUT2D eigenvalue weighted by Crippen LogP contribution is 2.32. The zero-order valence-electron chi connectivity index (χ0n) is 13.6. The number of benzene rings is 1. The second kappa shape index (κ2) is 9.20. The Morgan fingerprint density at radius 3 is 2.14 bits per heavy atom. The third-order valence-corrected chi connectivity index (χ3v) is 4.18. The van der Waals surface area contributed by atoms with Gasteiger partial charge in [-0.25, -0.2) is 4.79 Å². The van der Waals surface area contributed by atoms with E-state index in [-0.39, 0.29) is 11.9 Å². The summed E-state index contributed by atoms with van der Waals surface area (Å²) in [5, 5.41) is 0. The SMILES string of the molecule is CCC(CC(C(=O)OC)C(CC)C(=O)O[NH3+])c1ccccc1. The molecular weight excluding hydrogens is 282 g/mol. The van der Waals surface area contributed by atoms with Gasteiger partial charge in [-0.15, -0.1) is 0 Å². The van der Waals surface area contributed by atoms with Gasteiger partial charge in [0.15, 0.2) is 0 Å². The van der Waals surface area contributed by atoms with Crippen molar-refractivity contribution in [2.24, 2.45) is 11.8 Å². The summed E-state index contributed by atoms with van der Waals surface area (Å²) in [6, 6.07) is 10.0. The summed E-state index contributed by atoms with van der Waals surface area (Å²) < 4.78 is 4.90. The first kappa shape index (κ1) is 18.2. The number of hydrogen-bond acceptors (Lipinski definition) is 4. The van der Waals surface area contributed by atoms with Crippen LogP contribution in [0.1, 0.15) is 44.6 Å². The smallest absolute Gasteiger partial charge is 0.370 e. The molecule has 5 nitrogen and oxygen atoms in total. The topological polar surface area (TPSA) is 80.2 Å². The van der Waals surface area contributed by atoms with Gasteiger partial charge in [0.2, 0.25) is 0 Å². The maximum atomic E-state index is 12.2. The van der Waals surface area contributed by atoms with Gasteiger partial charge in [-0.05, 0) is 30.7 Å². The van der Waals surface area contributed by atoms with Gasteiger partial charge in [0.1, 0.15) is 0 Å². The van der Waals surface area contributed by atoms with Gasteiger partial charge >= 0.3 is 11.9 Å². The lowest BCUT2D eigenvalue weighted by molar-refractivity contribution is -0.658. The predicted molar refractivity (Wildman–Crippen MR) is 82.4 cm³/mol. The van der Waals surface area contributed by atoms with Crippen molar-refractivity contribution in [3.05, 3.63) is 35.9 Å². The van der Waals surface area contributed by atoms with Crippen molar-refractivity contribution < 1.29 is 25.1 Å². The highest BCUT2D eigenvalue weighted by Gasteiger charge is 2.36. The molecule has 0 bridgehead atoms. The Kier molecular flexibility index (Phi) is 7.60. The van der Waals surface area contributed by atoms with E-state index in [0.717, 1.165) is 12.0 Å². The summed E-state index contributed by atoms with van der Waals surface area (Å²) in [5.41, 5.74) is 1.16. The van der Waals surface area contributed by atoms with E-state index in [1.807, 2.05) is 37.3 Å². The van der Waals surface area contributed by atoms with E-state index in [1.165, 1.54) is 7.11 Å². The number of methoxy groups -OCH3 is 1. The second-order valence-electron chi connectivity index (χ2n) is 5.36. The Balaban J connectivity index is 3.01. The molecule has 3 unspecified atom stereocenters. The maximum absolute atomic E-state index is 12.2. The first-order chi connectivity index (χ1) is 10.6. The molecule has 0 aliphatic heterocycles. The van der Waals surface area contributed by atoms with Gasteiger partial charge in [0.05, 0.1) is 18.9 Å². The van der Waals surface area contributed by atoms with Crippen molar-refractivity contribution in [3.63, 3.8) is 0 Å². The van der Waals surface area contributed by atoms with Gasteiger partial charge in [-0.3, -0.25) is 9.63 Å². The largest absolute Gasteiger partial charge is 0.469 e. The monoisotopic (exact) mass is 308 g/mol. The van der Waals surface area contributed by atoms with Crippen molar-refractivity contribution in [2.75, 3.05) is 7.11 Å². The molecule has 22 heavy (non-hydrogen) atoms. The number of carbonyl (C=O) groups is 2. The normalized spacial score (nSPS) is 14.7. The van der Waals surface area contributed by atoms with Crippen LogP contribution in [-0.2, 0) is 19.2 Å². The van der Waals surface area contributed by atoms with Gasteiger partial charge in [0.25, 0.3) is 0 Å². The van der Waals surface area contributed by atoms with Crippen LogP contribution in [-0.4, -0.2) is 19.0 Å². The Bertz CT molecular complexity index is 475. The molecule has 1 aromatic rings. The number of ether oxygens (including phenoxy) is 1. The molecule has 0 aromatic heterocycles. The van der Waals surface area contributed by atoms with E-state index in [9.17, 15) is 9.59 Å². The van der Waals surface area contributed by atoms with Gasteiger partial charge in [-0.1, -0.05) is 44.2 Å². The van der Waals surface area contributed by atoms with E-state index in [0.29, 0.717) is 12.8 Å². The fourth-order valence-corrected chi connectivity index (χ4v) is 2.87. The van der Waals surface area contributed by atoms with Crippen molar-refractivity contribution >= 4 is 11.9 Å². The Morgan fingerprint density at radius 1 is 1.05 bits per heavy atom. The fraction of sp³-hybridized carbons (Fsp3) is 0.529. The lowest BCUT2D eigenvalue weighted by Gasteiger charge is -2.25. The van der Waals surface area contributed by atoms with Crippen LogP contribution in [0.4, 0.5) is 0 Å². The molecule has 1 rings (SSSR count). The third kappa shape index (κ3) is 4.56. The molecule has 5 heteroatoms. The van der Waals surface area contributed by atoms with Crippen LogP contribution < -0.4 is 5.90 Å². The first-order valence-electron chi connectivity index (χ1n) is 7.67. The Hall–Kier alpha value is -1.88. The summed E-state index contributed by atoms with van der Waals surface area (Å²) in [7, 11) is 1.35. The average molecular weight is 308 g/mol. The molecule has 3 atom stereocenters. The number of carbonyl (C=O) groups excluding carboxylic acids is 2. The molecule has 122 valence electrons. The summed E-state index contributed by atoms with van der Waals surface area (Å²) in [6.07, 6.45) is 1.95. The van der Waals surface area contributed by atoms with E-state index < -0.39 is 17.8 Å². The van der Waals surface area contributed by atoms with Crippen LogP contribution in [0.5, 0.6) is 0 Å². The zero-order chi connectivity index (χ0) is 16.5. The molecule has 0 saturated carbocycles. The molecule has 1 aromatic carbocycles. The second-order valence-corrected chi connectivity index (χ2v) is 5.36. The zero-order valence-corrected chi connectivity index (χ0v) is 13.6.